The van der Waals surface area contributed by atoms with E-state index < -0.39 is 12.1 Å². The van der Waals surface area contributed by atoms with Gasteiger partial charge in [-0.15, -0.1) is 23.7 Å². The molecule has 37 heavy (non-hydrogen) atoms. The molecule has 3 aromatic rings. The first-order chi connectivity index (χ1) is 17.5. The first kappa shape index (κ1) is 28.6. The SMILES string of the molecule is Cl.O=C(c1nc2ccccc2s1)C(CCCCN(Cc1ccccc1)C(=O)O)NC(=O)[C@@H]1CCCNC1. The fourth-order valence-corrected chi connectivity index (χ4v) is 5.42. The number of hydrogen-bond acceptors (Lipinski definition) is 6. The van der Waals surface area contributed by atoms with Crippen LogP contribution < -0.4 is 10.6 Å². The number of benzene rings is 2. The Bertz CT molecular complexity index is 1150. The van der Waals surface area contributed by atoms with Gasteiger partial charge in [-0.1, -0.05) is 42.5 Å². The molecule has 2 atom stereocenters. The Balaban J connectivity index is 0.00000380. The Morgan fingerprint density at radius 3 is 2.57 bits per heavy atom. The maximum atomic E-state index is 13.4. The van der Waals surface area contributed by atoms with E-state index in [1.54, 1.807) is 0 Å². The average molecular weight is 545 g/mol. The van der Waals surface area contributed by atoms with E-state index in [1.165, 1.54) is 16.2 Å². The summed E-state index contributed by atoms with van der Waals surface area (Å²) < 4.78 is 0.931. The fraction of sp³-hybridized carbons (Fsp3) is 0.407. The predicted molar refractivity (Wildman–Crippen MR) is 147 cm³/mol. The van der Waals surface area contributed by atoms with Crippen molar-refractivity contribution in [2.75, 3.05) is 19.6 Å². The topological polar surface area (TPSA) is 112 Å². The number of carboxylic acid groups (broad SMARTS) is 1. The number of fused-ring (bicyclic) bond motifs is 1. The molecule has 0 radical (unpaired) electrons. The van der Waals surface area contributed by atoms with E-state index >= 15 is 0 Å². The lowest BCUT2D eigenvalue weighted by atomic mass is 9.97. The maximum absolute atomic E-state index is 13.4. The lowest BCUT2D eigenvalue weighted by Gasteiger charge is -2.25. The number of aromatic nitrogens is 1. The predicted octanol–water partition coefficient (Wildman–Crippen LogP) is 4.74. The highest BCUT2D eigenvalue weighted by Crippen LogP contribution is 2.24. The second kappa shape index (κ2) is 14.1. The van der Waals surface area contributed by atoms with Crippen molar-refractivity contribution in [1.82, 2.24) is 20.5 Å². The average Bonchev–Trinajstić information content (AvgIpc) is 3.34. The first-order valence-corrected chi connectivity index (χ1v) is 13.3. The Labute approximate surface area is 226 Å². The second-order valence-electron chi connectivity index (χ2n) is 9.14. The number of halogens is 1. The van der Waals surface area contributed by atoms with Crippen LogP contribution in [0.25, 0.3) is 10.2 Å². The summed E-state index contributed by atoms with van der Waals surface area (Å²) in [4.78, 5) is 44.0. The number of unbranched alkanes of at least 4 members (excludes halogenated alkanes) is 1. The van der Waals surface area contributed by atoms with Crippen molar-refractivity contribution in [1.29, 1.82) is 0 Å². The smallest absolute Gasteiger partial charge is 0.407 e. The zero-order valence-electron chi connectivity index (χ0n) is 20.6. The maximum Gasteiger partial charge on any atom is 0.407 e. The number of rotatable bonds is 11. The van der Waals surface area contributed by atoms with Gasteiger partial charge in [0.15, 0.2) is 5.01 Å². The highest BCUT2D eigenvalue weighted by molar-refractivity contribution is 7.20. The Kier molecular flexibility index (Phi) is 10.9. The number of para-hydroxylation sites is 1. The molecule has 4 rings (SSSR count). The summed E-state index contributed by atoms with van der Waals surface area (Å²) in [5.41, 5.74) is 1.70. The van der Waals surface area contributed by atoms with Gasteiger partial charge in [0, 0.05) is 19.6 Å². The van der Waals surface area contributed by atoms with Crippen LogP contribution in [-0.4, -0.2) is 58.5 Å². The van der Waals surface area contributed by atoms with Gasteiger partial charge in [-0.25, -0.2) is 9.78 Å². The van der Waals surface area contributed by atoms with Gasteiger partial charge in [0.25, 0.3) is 0 Å². The molecule has 1 saturated heterocycles. The number of nitrogens with zero attached hydrogens (tertiary/aromatic N) is 2. The van der Waals surface area contributed by atoms with Crippen molar-refractivity contribution >= 4 is 51.7 Å². The lowest BCUT2D eigenvalue weighted by molar-refractivity contribution is -0.126. The van der Waals surface area contributed by atoms with E-state index in [-0.39, 0.29) is 30.0 Å². The van der Waals surface area contributed by atoms with E-state index in [0.29, 0.717) is 43.9 Å². The molecule has 3 N–H and O–H groups in total. The molecule has 2 heterocycles. The molecule has 10 heteroatoms. The van der Waals surface area contributed by atoms with Gasteiger partial charge < -0.3 is 20.6 Å². The van der Waals surface area contributed by atoms with Gasteiger partial charge in [-0.05, 0) is 56.3 Å². The Morgan fingerprint density at radius 1 is 1.11 bits per heavy atom. The van der Waals surface area contributed by atoms with E-state index in [9.17, 15) is 19.5 Å². The van der Waals surface area contributed by atoms with Gasteiger partial charge in [0.1, 0.15) is 0 Å². The molecule has 2 aromatic carbocycles. The Morgan fingerprint density at radius 2 is 1.86 bits per heavy atom. The summed E-state index contributed by atoms with van der Waals surface area (Å²) in [5.74, 6) is -0.455. The van der Waals surface area contributed by atoms with Gasteiger partial charge >= 0.3 is 6.09 Å². The first-order valence-electron chi connectivity index (χ1n) is 12.4. The quantitative estimate of drug-likeness (QED) is 0.237. The van der Waals surface area contributed by atoms with Crippen molar-refractivity contribution in [3.8, 4) is 0 Å². The van der Waals surface area contributed by atoms with Crippen LogP contribution in [0.2, 0.25) is 0 Å². The minimum Gasteiger partial charge on any atom is -0.465 e. The summed E-state index contributed by atoms with van der Waals surface area (Å²) >= 11 is 1.34. The molecule has 1 aliphatic rings. The van der Waals surface area contributed by atoms with E-state index in [2.05, 4.69) is 15.6 Å². The molecule has 0 bridgehead atoms. The largest absolute Gasteiger partial charge is 0.465 e. The summed E-state index contributed by atoms with van der Waals surface area (Å²) in [6, 6.07) is 16.4. The zero-order valence-corrected chi connectivity index (χ0v) is 22.2. The molecule has 2 amide bonds. The number of piperidine rings is 1. The third-order valence-corrected chi connectivity index (χ3v) is 7.51. The standard InChI is InChI=1S/C27H32N4O4S.ClH/c32-24(26-30-21-12-4-5-14-23(21)36-26)22(29-25(33)20-11-8-15-28-17-20)13-6-7-16-31(27(34)35)18-19-9-2-1-3-10-19;/h1-5,9-10,12,14,20,22,28H,6-8,11,13,15-18H2,(H,29,33)(H,34,35);1H/t20-,22?;/m1./s1. The minimum absolute atomic E-state index is 0. The number of hydrogen-bond donors (Lipinski definition) is 3. The van der Waals surface area contributed by atoms with Gasteiger partial charge in [0.05, 0.1) is 22.2 Å². The van der Waals surface area contributed by atoms with E-state index in [4.69, 9.17) is 0 Å². The van der Waals surface area contributed by atoms with Crippen LogP contribution in [0.4, 0.5) is 4.79 Å². The van der Waals surface area contributed by atoms with Crippen LogP contribution in [0.3, 0.4) is 0 Å². The molecular weight excluding hydrogens is 512 g/mol. The molecule has 8 nitrogen and oxygen atoms in total. The molecule has 1 unspecified atom stereocenters. The number of carbonyl (C=O) groups excluding carboxylic acids is 2. The zero-order chi connectivity index (χ0) is 25.3. The van der Waals surface area contributed by atoms with Crippen molar-refractivity contribution < 1.29 is 19.5 Å². The van der Waals surface area contributed by atoms with Crippen LogP contribution in [0, 0.1) is 5.92 Å². The van der Waals surface area contributed by atoms with Crippen LogP contribution >= 0.6 is 23.7 Å². The van der Waals surface area contributed by atoms with E-state index in [1.807, 2.05) is 54.6 Å². The van der Waals surface area contributed by atoms with Crippen LogP contribution in [0.15, 0.2) is 54.6 Å². The third kappa shape index (κ3) is 7.99. The van der Waals surface area contributed by atoms with Crippen molar-refractivity contribution in [3.63, 3.8) is 0 Å². The molecule has 1 aliphatic heterocycles. The summed E-state index contributed by atoms with van der Waals surface area (Å²) in [6.07, 6.45) is 2.38. The number of ketones is 1. The molecule has 198 valence electrons. The fourth-order valence-electron chi connectivity index (χ4n) is 4.46. The van der Waals surface area contributed by atoms with Crippen molar-refractivity contribution in [3.05, 3.63) is 65.2 Å². The van der Waals surface area contributed by atoms with Crippen LogP contribution in [0.5, 0.6) is 0 Å². The molecule has 0 aliphatic carbocycles. The van der Waals surface area contributed by atoms with Crippen LogP contribution in [-0.2, 0) is 11.3 Å². The molecule has 0 spiro atoms. The number of thiazole rings is 1. The molecule has 1 fully saturated rings. The molecule has 1 aromatic heterocycles. The van der Waals surface area contributed by atoms with Gasteiger partial charge in [-0.3, -0.25) is 9.59 Å². The third-order valence-electron chi connectivity index (χ3n) is 6.46. The number of amides is 2. The lowest BCUT2D eigenvalue weighted by Crippen LogP contribution is -2.47. The molecule has 0 saturated carbocycles. The molecular formula is C27H33ClN4O4S. The normalized spacial score (nSPS) is 15.9. The van der Waals surface area contributed by atoms with Gasteiger partial charge in [0.2, 0.25) is 11.7 Å². The van der Waals surface area contributed by atoms with Gasteiger partial charge in [-0.2, -0.15) is 0 Å². The Hall–Kier alpha value is -3.01. The monoisotopic (exact) mass is 544 g/mol. The summed E-state index contributed by atoms with van der Waals surface area (Å²) in [6.45, 7) is 2.18. The van der Waals surface area contributed by atoms with Crippen molar-refractivity contribution in [2.24, 2.45) is 5.92 Å². The van der Waals surface area contributed by atoms with E-state index in [0.717, 1.165) is 35.2 Å². The van der Waals surface area contributed by atoms with Crippen LogP contribution in [0.1, 0.15) is 47.5 Å². The highest BCUT2D eigenvalue weighted by Gasteiger charge is 2.28. The minimum atomic E-state index is -0.973. The number of carbonyl (C=O) groups is 3. The number of nitrogens with one attached hydrogen (secondary N) is 2. The highest BCUT2D eigenvalue weighted by atomic mass is 35.5. The number of Topliss-reactive ketones (excluding diaryl/α,β-unsaturated/α-hetero) is 1. The summed E-state index contributed by atoms with van der Waals surface area (Å²) in [7, 11) is 0. The van der Waals surface area contributed by atoms with Crippen molar-refractivity contribution in [2.45, 2.75) is 44.7 Å². The summed E-state index contributed by atoms with van der Waals surface area (Å²) in [5, 5.41) is 16.2. The second-order valence-corrected chi connectivity index (χ2v) is 10.2.